The molecule has 1 atom stereocenters. The number of ether oxygens (including phenoxy) is 1. The summed E-state index contributed by atoms with van der Waals surface area (Å²) in [6, 6.07) is 13.5. The summed E-state index contributed by atoms with van der Waals surface area (Å²) < 4.78 is 20.1. The number of para-hydroxylation sites is 1. The van der Waals surface area contributed by atoms with E-state index in [-0.39, 0.29) is 43.4 Å². The van der Waals surface area contributed by atoms with Crippen LogP contribution >= 0.6 is 11.8 Å². The summed E-state index contributed by atoms with van der Waals surface area (Å²) in [6.45, 7) is 1.76. The lowest BCUT2D eigenvalue weighted by Crippen LogP contribution is -2.36. The second-order valence-corrected chi connectivity index (χ2v) is 9.14. The van der Waals surface area contributed by atoms with Gasteiger partial charge < -0.3 is 15.0 Å². The first-order valence-corrected chi connectivity index (χ1v) is 12.1. The fraction of sp³-hybridized carbons (Fsp3) is 0.375. The second-order valence-electron chi connectivity index (χ2n) is 7.92. The van der Waals surface area contributed by atoms with Crippen LogP contribution in [0.5, 0.6) is 0 Å². The van der Waals surface area contributed by atoms with Crippen molar-refractivity contribution in [1.82, 2.24) is 5.32 Å². The number of amides is 2. The smallest absolute Gasteiger partial charge is 0.414 e. The molecule has 0 bridgehead atoms. The summed E-state index contributed by atoms with van der Waals surface area (Å²) in [5.74, 6) is 1.05. The normalized spacial score (nSPS) is 18.2. The van der Waals surface area contributed by atoms with Crippen molar-refractivity contribution in [3.05, 3.63) is 59.9 Å². The number of carbonyl (C=O) groups is 3. The molecule has 2 saturated heterocycles. The van der Waals surface area contributed by atoms with Crippen LogP contribution in [0, 0.1) is 5.82 Å². The monoisotopic (exact) mass is 471 g/mol. The summed E-state index contributed by atoms with van der Waals surface area (Å²) in [5.41, 5.74) is 1.47. The third-order valence-corrected chi connectivity index (χ3v) is 6.60. The van der Waals surface area contributed by atoms with Gasteiger partial charge in [-0.25, -0.2) is 9.18 Å². The molecule has 0 radical (unpaired) electrons. The van der Waals surface area contributed by atoms with E-state index in [2.05, 4.69) is 5.32 Å². The molecule has 7 nitrogen and oxygen atoms in total. The Bertz CT molecular complexity index is 1010. The first kappa shape index (κ1) is 23.1. The van der Waals surface area contributed by atoms with Crippen LogP contribution in [0.15, 0.2) is 48.5 Å². The van der Waals surface area contributed by atoms with Gasteiger partial charge in [-0.1, -0.05) is 36.4 Å². The molecule has 33 heavy (non-hydrogen) atoms. The number of carbonyl (C=O) groups excluding carboxylic acids is 3. The highest BCUT2D eigenvalue weighted by atomic mass is 32.2. The van der Waals surface area contributed by atoms with Crippen molar-refractivity contribution in [2.45, 2.75) is 18.9 Å². The van der Waals surface area contributed by atoms with Crippen LogP contribution in [0.3, 0.4) is 0 Å². The SMILES string of the molecule is O=C(CCC(=O)c1ccccc1)NCC1CN(c2cccc(F)c2N2CCSCC2)C(=O)O1. The van der Waals surface area contributed by atoms with Gasteiger partial charge in [0.15, 0.2) is 5.78 Å². The maximum atomic E-state index is 14.7. The van der Waals surface area contributed by atoms with E-state index in [4.69, 9.17) is 4.74 Å². The van der Waals surface area contributed by atoms with Crippen LogP contribution in [0.1, 0.15) is 23.2 Å². The van der Waals surface area contributed by atoms with E-state index in [1.165, 1.54) is 11.0 Å². The lowest BCUT2D eigenvalue weighted by molar-refractivity contribution is -0.121. The molecule has 174 valence electrons. The number of hydrogen-bond donors (Lipinski definition) is 1. The Morgan fingerprint density at radius 1 is 1.06 bits per heavy atom. The Morgan fingerprint density at radius 2 is 1.82 bits per heavy atom. The van der Waals surface area contributed by atoms with Crippen LogP contribution < -0.4 is 15.1 Å². The predicted molar refractivity (Wildman–Crippen MR) is 127 cm³/mol. The van der Waals surface area contributed by atoms with Gasteiger partial charge in [0.05, 0.1) is 24.5 Å². The Labute approximate surface area is 196 Å². The van der Waals surface area contributed by atoms with Crippen molar-refractivity contribution in [1.29, 1.82) is 0 Å². The number of Topliss-reactive ketones (excluding diaryl/α,β-unsaturated/α-hetero) is 1. The largest absolute Gasteiger partial charge is 0.442 e. The van der Waals surface area contributed by atoms with E-state index in [9.17, 15) is 18.8 Å². The van der Waals surface area contributed by atoms with E-state index >= 15 is 0 Å². The van der Waals surface area contributed by atoms with Gasteiger partial charge in [0.2, 0.25) is 5.91 Å². The average Bonchev–Trinajstić information content (AvgIpc) is 3.22. The van der Waals surface area contributed by atoms with Crippen molar-refractivity contribution in [3.63, 3.8) is 0 Å². The van der Waals surface area contributed by atoms with Crippen molar-refractivity contribution in [3.8, 4) is 0 Å². The summed E-state index contributed by atoms with van der Waals surface area (Å²) in [6.07, 6.45) is -0.960. The van der Waals surface area contributed by atoms with Crippen LogP contribution in [-0.2, 0) is 9.53 Å². The number of hydrogen-bond acceptors (Lipinski definition) is 6. The number of anilines is 2. The highest BCUT2D eigenvalue weighted by Gasteiger charge is 2.35. The minimum absolute atomic E-state index is 0.0547. The van der Waals surface area contributed by atoms with Crippen LogP contribution in [0.4, 0.5) is 20.6 Å². The average molecular weight is 472 g/mol. The molecule has 0 aliphatic carbocycles. The number of benzene rings is 2. The predicted octanol–water partition coefficient (Wildman–Crippen LogP) is 3.48. The highest BCUT2D eigenvalue weighted by Crippen LogP contribution is 2.35. The Morgan fingerprint density at radius 3 is 2.58 bits per heavy atom. The topological polar surface area (TPSA) is 79.0 Å². The number of nitrogens with zero attached hydrogens (tertiary/aromatic N) is 2. The molecule has 2 fully saturated rings. The maximum Gasteiger partial charge on any atom is 0.414 e. The van der Waals surface area contributed by atoms with E-state index in [1.54, 1.807) is 36.4 Å². The van der Waals surface area contributed by atoms with Gasteiger partial charge in [-0.15, -0.1) is 0 Å². The molecule has 2 amide bonds. The molecular formula is C24H26FN3O4S. The fourth-order valence-electron chi connectivity index (χ4n) is 3.96. The fourth-order valence-corrected chi connectivity index (χ4v) is 4.86. The van der Waals surface area contributed by atoms with E-state index in [0.29, 0.717) is 30.0 Å². The van der Waals surface area contributed by atoms with Crippen molar-refractivity contribution in [2.75, 3.05) is 47.5 Å². The Balaban J connectivity index is 1.32. The minimum Gasteiger partial charge on any atom is -0.442 e. The Hall–Kier alpha value is -3.07. The van der Waals surface area contributed by atoms with Gasteiger partial charge in [0.25, 0.3) is 0 Å². The van der Waals surface area contributed by atoms with Gasteiger partial charge in [0.1, 0.15) is 11.9 Å². The Kier molecular flexibility index (Phi) is 7.49. The van der Waals surface area contributed by atoms with Gasteiger partial charge in [-0.05, 0) is 12.1 Å². The van der Waals surface area contributed by atoms with Crippen molar-refractivity contribution >= 4 is 40.9 Å². The molecule has 0 aromatic heterocycles. The summed E-state index contributed by atoms with van der Waals surface area (Å²) in [5, 5.41) is 2.73. The quantitative estimate of drug-likeness (QED) is 0.594. The molecule has 0 saturated carbocycles. The van der Waals surface area contributed by atoms with Crippen LogP contribution in [-0.4, -0.2) is 61.6 Å². The first-order chi connectivity index (χ1) is 16.0. The molecule has 1 unspecified atom stereocenters. The summed E-state index contributed by atoms with van der Waals surface area (Å²) in [7, 11) is 0. The first-order valence-electron chi connectivity index (χ1n) is 11.0. The molecule has 9 heteroatoms. The lowest BCUT2D eigenvalue weighted by atomic mass is 10.1. The third kappa shape index (κ3) is 5.65. The molecule has 2 aromatic rings. The molecule has 2 aliphatic heterocycles. The molecular weight excluding hydrogens is 445 g/mol. The number of rotatable bonds is 8. The van der Waals surface area contributed by atoms with Crippen LogP contribution in [0.25, 0.3) is 0 Å². The van der Waals surface area contributed by atoms with Gasteiger partial charge in [0, 0.05) is 43.0 Å². The lowest BCUT2D eigenvalue weighted by Gasteiger charge is -2.32. The zero-order valence-corrected chi connectivity index (χ0v) is 19.0. The maximum absolute atomic E-state index is 14.7. The number of nitrogens with one attached hydrogen (secondary N) is 1. The van der Waals surface area contributed by atoms with Crippen molar-refractivity contribution < 1.29 is 23.5 Å². The third-order valence-electron chi connectivity index (χ3n) is 5.66. The molecule has 1 N–H and O–H groups in total. The van der Waals surface area contributed by atoms with E-state index in [0.717, 1.165) is 11.5 Å². The summed E-state index contributed by atoms with van der Waals surface area (Å²) >= 11 is 1.82. The van der Waals surface area contributed by atoms with Gasteiger partial charge >= 0.3 is 6.09 Å². The van der Waals surface area contributed by atoms with Crippen molar-refractivity contribution in [2.24, 2.45) is 0 Å². The number of ketones is 1. The van der Waals surface area contributed by atoms with Gasteiger partial charge in [-0.3, -0.25) is 14.5 Å². The second kappa shape index (κ2) is 10.7. The minimum atomic E-state index is -0.563. The van der Waals surface area contributed by atoms with Crippen LogP contribution in [0.2, 0.25) is 0 Å². The number of halogens is 1. The molecule has 2 aliphatic rings. The number of cyclic esters (lactones) is 1. The summed E-state index contributed by atoms with van der Waals surface area (Å²) in [4.78, 5) is 40.3. The zero-order chi connectivity index (χ0) is 23.2. The molecule has 2 aromatic carbocycles. The molecule has 4 rings (SSSR count). The standard InChI is InChI=1S/C24H26FN3O4S/c25-19-7-4-8-20(23(19)27-11-13-33-14-12-27)28-16-18(32-24(28)31)15-26-22(30)10-9-21(29)17-5-2-1-3-6-17/h1-8,18H,9-16H2,(H,26,30). The van der Waals surface area contributed by atoms with E-state index < -0.39 is 12.2 Å². The zero-order valence-electron chi connectivity index (χ0n) is 18.2. The van der Waals surface area contributed by atoms with Gasteiger partial charge in [-0.2, -0.15) is 11.8 Å². The van der Waals surface area contributed by atoms with E-state index in [1.807, 2.05) is 22.7 Å². The number of thioether (sulfide) groups is 1. The molecule has 0 spiro atoms. The molecule has 2 heterocycles. The highest BCUT2D eigenvalue weighted by molar-refractivity contribution is 7.99.